The van der Waals surface area contributed by atoms with Gasteiger partial charge in [0, 0.05) is 18.1 Å². The zero-order valence-electron chi connectivity index (χ0n) is 18.6. The summed E-state index contributed by atoms with van der Waals surface area (Å²) < 4.78 is 21.5. The van der Waals surface area contributed by atoms with E-state index in [2.05, 4.69) is 22.4 Å². The number of nitrogens with one attached hydrogen (secondary N) is 1. The summed E-state index contributed by atoms with van der Waals surface area (Å²) in [5.41, 5.74) is 0.976. The number of hydrogen-bond acceptors (Lipinski definition) is 5. The van der Waals surface area contributed by atoms with Gasteiger partial charge in [0.1, 0.15) is 6.61 Å². The summed E-state index contributed by atoms with van der Waals surface area (Å²) in [7, 11) is 0. The fourth-order valence-corrected chi connectivity index (χ4v) is 4.08. The Bertz CT molecular complexity index is 1030. The molecule has 6 nitrogen and oxygen atoms in total. The van der Waals surface area contributed by atoms with Crippen LogP contribution in [0.5, 0.6) is 5.75 Å². The van der Waals surface area contributed by atoms with Crippen molar-refractivity contribution in [3.05, 3.63) is 70.8 Å². The molecule has 2 aromatic carbocycles. The van der Waals surface area contributed by atoms with Crippen molar-refractivity contribution in [1.29, 1.82) is 0 Å². The maximum Gasteiger partial charge on any atom is 0.230 e. The van der Waals surface area contributed by atoms with Crippen LogP contribution in [0, 0.1) is 5.82 Å². The van der Waals surface area contributed by atoms with E-state index >= 15 is 0 Å². The van der Waals surface area contributed by atoms with Crippen LogP contribution in [0.15, 0.2) is 53.7 Å². The molecule has 0 saturated carbocycles. The normalized spacial score (nSPS) is 10.9. The SMILES string of the molecule is CCCCCCn1c(COc2ccccc2F)nnc1SCC(=O)NCc1ccc(Cl)cc1. The topological polar surface area (TPSA) is 69.0 Å². The summed E-state index contributed by atoms with van der Waals surface area (Å²) in [6.07, 6.45) is 4.35. The molecule has 0 unspecified atom stereocenters. The number of rotatable bonds is 13. The number of amides is 1. The molecule has 0 atom stereocenters. The van der Waals surface area contributed by atoms with Gasteiger partial charge in [-0.15, -0.1) is 10.2 Å². The molecule has 9 heteroatoms. The third-order valence-corrected chi connectivity index (χ3v) is 6.18. The van der Waals surface area contributed by atoms with Crippen LogP contribution in [0.1, 0.15) is 44.0 Å². The Balaban J connectivity index is 1.58. The van der Waals surface area contributed by atoms with Crippen molar-refractivity contribution in [2.75, 3.05) is 5.75 Å². The summed E-state index contributed by atoms with van der Waals surface area (Å²) in [5.74, 6) is 0.486. The number of benzene rings is 2. The minimum atomic E-state index is -0.418. The van der Waals surface area contributed by atoms with E-state index in [0.717, 1.165) is 37.8 Å². The molecule has 0 radical (unpaired) electrons. The molecule has 0 aliphatic heterocycles. The molecule has 1 amide bonds. The Morgan fingerprint density at radius 1 is 1.12 bits per heavy atom. The van der Waals surface area contributed by atoms with Crippen LogP contribution in [0.2, 0.25) is 5.02 Å². The maximum atomic E-state index is 13.9. The average Bonchev–Trinajstić information content (AvgIpc) is 3.21. The number of carbonyl (C=O) groups excluding carboxylic acids is 1. The van der Waals surface area contributed by atoms with Crippen molar-refractivity contribution in [2.24, 2.45) is 0 Å². The number of nitrogens with zero attached hydrogens (tertiary/aromatic N) is 3. The molecule has 1 N–H and O–H groups in total. The molecule has 0 aliphatic rings. The lowest BCUT2D eigenvalue weighted by Crippen LogP contribution is -2.24. The number of ether oxygens (including phenoxy) is 1. The van der Waals surface area contributed by atoms with Gasteiger partial charge < -0.3 is 14.6 Å². The highest BCUT2D eigenvalue weighted by atomic mass is 35.5. The van der Waals surface area contributed by atoms with E-state index in [9.17, 15) is 9.18 Å². The molecule has 0 saturated heterocycles. The average molecular weight is 491 g/mol. The van der Waals surface area contributed by atoms with Crippen molar-refractivity contribution in [1.82, 2.24) is 20.1 Å². The van der Waals surface area contributed by atoms with Gasteiger partial charge in [-0.1, -0.05) is 73.8 Å². The molecule has 3 aromatic rings. The molecular formula is C24H28ClFN4O2S. The number of unbranched alkanes of at least 4 members (excludes halogenated alkanes) is 3. The first-order valence-corrected chi connectivity index (χ1v) is 12.4. The quantitative estimate of drug-likeness (QED) is 0.248. The summed E-state index contributed by atoms with van der Waals surface area (Å²) in [6.45, 7) is 3.42. The van der Waals surface area contributed by atoms with Gasteiger partial charge in [-0.3, -0.25) is 4.79 Å². The van der Waals surface area contributed by atoms with Gasteiger partial charge >= 0.3 is 0 Å². The fraction of sp³-hybridized carbons (Fsp3) is 0.375. The molecule has 176 valence electrons. The zero-order chi connectivity index (χ0) is 23.5. The van der Waals surface area contributed by atoms with Crippen molar-refractivity contribution in [2.45, 2.75) is 57.5 Å². The van der Waals surface area contributed by atoms with Gasteiger partial charge in [0.25, 0.3) is 0 Å². The maximum absolute atomic E-state index is 13.9. The summed E-state index contributed by atoms with van der Waals surface area (Å²) in [6, 6.07) is 13.6. The lowest BCUT2D eigenvalue weighted by molar-refractivity contribution is -0.118. The van der Waals surface area contributed by atoms with Crippen LogP contribution >= 0.6 is 23.4 Å². The van der Waals surface area contributed by atoms with E-state index in [4.69, 9.17) is 16.3 Å². The molecule has 3 rings (SSSR count). The van der Waals surface area contributed by atoms with Crippen LogP contribution in [0.3, 0.4) is 0 Å². The van der Waals surface area contributed by atoms with Gasteiger partial charge in [0.05, 0.1) is 5.75 Å². The van der Waals surface area contributed by atoms with Crippen LogP contribution in [0.25, 0.3) is 0 Å². The second-order valence-corrected chi connectivity index (χ2v) is 8.90. The van der Waals surface area contributed by atoms with Gasteiger partial charge in [-0.05, 0) is 36.2 Å². The lowest BCUT2D eigenvalue weighted by atomic mass is 10.2. The molecule has 33 heavy (non-hydrogen) atoms. The standard InChI is InChI=1S/C24H28ClFN4O2S/c1-2-3-4-7-14-30-22(16-32-21-9-6-5-8-20(21)26)28-29-24(30)33-17-23(31)27-15-18-10-12-19(25)13-11-18/h5-6,8-13H,2-4,7,14-17H2,1H3,(H,27,31). The highest BCUT2D eigenvalue weighted by Crippen LogP contribution is 2.21. The fourth-order valence-electron chi connectivity index (χ4n) is 3.14. The predicted molar refractivity (Wildman–Crippen MR) is 129 cm³/mol. The Kier molecular flexibility index (Phi) is 10.0. The minimum Gasteiger partial charge on any atom is -0.483 e. The highest BCUT2D eigenvalue weighted by Gasteiger charge is 2.15. The lowest BCUT2D eigenvalue weighted by Gasteiger charge is -2.11. The molecule has 0 spiro atoms. The molecule has 0 bridgehead atoms. The Morgan fingerprint density at radius 2 is 1.91 bits per heavy atom. The number of carbonyl (C=O) groups is 1. The first-order valence-electron chi connectivity index (χ1n) is 11.0. The summed E-state index contributed by atoms with van der Waals surface area (Å²) >= 11 is 7.22. The number of hydrogen-bond donors (Lipinski definition) is 1. The third kappa shape index (κ3) is 8.05. The van der Waals surface area contributed by atoms with Gasteiger partial charge in [-0.2, -0.15) is 0 Å². The van der Waals surface area contributed by atoms with Gasteiger partial charge in [0.15, 0.2) is 22.5 Å². The highest BCUT2D eigenvalue weighted by molar-refractivity contribution is 7.99. The van der Waals surface area contributed by atoms with E-state index in [-0.39, 0.29) is 24.0 Å². The summed E-state index contributed by atoms with van der Waals surface area (Å²) in [5, 5.41) is 12.7. The van der Waals surface area contributed by atoms with Crippen LogP contribution < -0.4 is 10.1 Å². The van der Waals surface area contributed by atoms with Crippen LogP contribution in [-0.4, -0.2) is 26.4 Å². The Hall–Kier alpha value is -2.58. The number of thioether (sulfide) groups is 1. The van der Waals surface area contributed by atoms with Crippen LogP contribution in [0.4, 0.5) is 4.39 Å². The second-order valence-electron chi connectivity index (χ2n) is 7.52. The zero-order valence-corrected chi connectivity index (χ0v) is 20.2. The smallest absolute Gasteiger partial charge is 0.230 e. The Morgan fingerprint density at radius 3 is 2.67 bits per heavy atom. The van der Waals surface area contributed by atoms with Crippen molar-refractivity contribution < 1.29 is 13.9 Å². The molecule has 0 fully saturated rings. The van der Waals surface area contributed by atoms with Crippen molar-refractivity contribution in [3.8, 4) is 5.75 Å². The third-order valence-electron chi connectivity index (χ3n) is 4.96. The van der Waals surface area contributed by atoms with E-state index in [1.807, 2.05) is 16.7 Å². The molecule has 0 aliphatic carbocycles. The van der Waals surface area contributed by atoms with Crippen molar-refractivity contribution in [3.63, 3.8) is 0 Å². The first kappa shape index (κ1) is 25.1. The molecular weight excluding hydrogens is 463 g/mol. The monoisotopic (exact) mass is 490 g/mol. The minimum absolute atomic E-state index is 0.0976. The number of aromatic nitrogens is 3. The van der Waals surface area contributed by atoms with Gasteiger partial charge in [-0.25, -0.2) is 4.39 Å². The first-order chi connectivity index (χ1) is 16.1. The number of para-hydroxylation sites is 1. The van der Waals surface area contributed by atoms with E-state index in [1.165, 1.54) is 17.8 Å². The van der Waals surface area contributed by atoms with E-state index in [0.29, 0.717) is 22.5 Å². The second kappa shape index (κ2) is 13.2. The predicted octanol–water partition coefficient (Wildman–Crippen LogP) is 5.64. The molecule has 1 heterocycles. The largest absolute Gasteiger partial charge is 0.483 e. The Labute approximate surface area is 202 Å². The van der Waals surface area contributed by atoms with Gasteiger partial charge in [0.2, 0.25) is 5.91 Å². The number of halogens is 2. The molecule has 1 aromatic heterocycles. The van der Waals surface area contributed by atoms with Crippen molar-refractivity contribution >= 4 is 29.3 Å². The summed E-state index contributed by atoms with van der Waals surface area (Å²) in [4.78, 5) is 12.3. The van der Waals surface area contributed by atoms with Crippen LogP contribution in [-0.2, 0) is 24.5 Å². The van der Waals surface area contributed by atoms with E-state index < -0.39 is 5.82 Å². The van der Waals surface area contributed by atoms with E-state index in [1.54, 1.807) is 30.3 Å².